The molecule has 0 aliphatic carbocycles. The van der Waals surface area contributed by atoms with E-state index in [0.29, 0.717) is 23.2 Å². The summed E-state index contributed by atoms with van der Waals surface area (Å²) in [6, 6.07) is 16.0. The molecule has 0 saturated carbocycles. The second-order valence-corrected chi connectivity index (χ2v) is 5.42. The minimum atomic E-state index is -1.65. The van der Waals surface area contributed by atoms with Crippen molar-refractivity contribution in [2.45, 2.75) is 5.79 Å². The smallest absolute Gasteiger partial charge is 0.347 e. The molecule has 0 fully saturated rings. The number of benzene rings is 2. The van der Waals surface area contributed by atoms with E-state index in [4.69, 9.17) is 15.2 Å². The van der Waals surface area contributed by atoms with E-state index in [1.54, 1.807) is 30.3 Å². The number of carbonyl (C=O) groups is 2. The van der Waals surface area contributed by atoms with Gasteiger partial charge in [0.05, 0.1) is 16.7 Å². The van der Waals surface area contributed by atoms with Crippen molar-refractivity contribution in [2.24, 2.45) is 5.73 Å². The van der Waals surface area contributed by atoms with Crippen molar-refractivity contribution in [1.82, 2.24) is 0 Å². The summed E-state index contributed by atoms with van der Waals surface area (Å²) in [5.74, 6) is -2.55. The molecule has 2 aromatic rings. The number of rotatable bonds is 2. The van der Waals surface area contributed by atoms with Crippen molar-refractivity contribution < 1.29 is 19.1 Å². The van der Waals surface area contributed by atoms with Crippen molar-refractivity contribution in [3.63, 3.8) is 0 Å². The van der Waals surface area contributed by atoms with Gasteiger partial charge >= 0.3 is 11.8 Å². The van der Waals surface area contributed by atoms with Gasteiger partial charge in [0, 0.05) is 6.54 Å². The van der Waals surface area contributed by atoms with Crippen LogP contribution in [0.4, 0.5) is 0 Å². The Bertz CT molecular complexity index is 857. The van der Waals surface area contributed by atoms with Crippen molar-refractivity contribution >= 4 is 17.3 Å². The highest BCUT2D eigenvalue weighted by Gasteiger charge is 2.57. The van der Waals surface area contributed by atoms with Gasteiger partial charge in [-0.3, -0.25) is 4.79 Å². The maximum atomic E-state index is 12.8. The predicted octanol–water partition coefficient (Wildman–Crippen LogP) is 2.78. The van der Waals surface area contributed by atoms with Gasteiger partial charge in [0.25, 0.3) is 5.78 Å². The zero-order chi connectivity index (χ0) is 17.9. The molecule has 2 heterocycles. The molecule has 1 atom stereocenters. The Labute approximate surface area is 145 Å². The third-order valence-electron chi connectivity index (χ3n) is 3.88. The normalized spacial score (nSPS) is 20.1. The number of carbonyl (C=O) groups excluding carboxylic acids is 2. The minimum Gasteiger partial charge on any atom is -0.449 e. The molecular weight excluding hydrogens is 318 g/mol. The molecule has 1 spiro atoms. The van der Waals surface area contributed by atoms with Crippen LogP contribution in [0.2, 0.25) is 0 Å². The van der Waals surface area contributed by atoms with Gasteiger partial charge < -0.3 is 15.2 Å². The van der Waals surface area contributed by atoms with E-state index in [9.17, 15) is 9.59 Å². The van der Waals surface area contributed by atoms with E-state index in [2.05, 4.69) is 6.58 Å². The Kier molecular flexibility index (Phi) is 4.50. The lowest BCUT2D eigenvalue weighted by molar-refractivity contribution is -0.173. The van der Waals surface area contributed by atoms with Gasteiger partial charge in [0.2, 0.25) is 0 Å². The highest BCUT2D eigenvalue weighted by Crippen LogP contribution is 2.45. The molecule has 126 valence electrons. The Morgan fingerprint density at radius 2 is 1.68 bits per heavy atom. The van der Waals surface area contributed by atoms with Crippen LogP contribution < -0.4 is 5.73 Å². The second kappa shape index (κ2) is 6.75. The molecule has 0 radical (unpaired) electrons. The monoisotopic (exact) mass is 335 g/mol. The van der Waals surface area contributed by atoms with Gasteiger partial charge in [-0.05, 0) is 17.7 Å². The van der Waals surface area contributed by atoms with E-state index in [0.717, 1.165) is 5.56 Å². The fraction of sp³-hybridized carbons (Fsp3) is 0.100. The molecule has 0 saturated heterocycles. The third kappa shape index (κ3) is 2.75. The molecule has 0 bridgehead atoms. The first-order chi connectivity index (χ1) is 12.1. The van der Waals surface area contributed by atoms with Crippen LogP contribution in [0, 0.1) is 0 Å². The van der Waals surface area contributed by atoms with Gasteiger partial charge in [0.15, 0.2) is 0 Å². The van der Waals surface area contributed by atoms with E-state index in [-0.39, 0.29) is 5.78 Å². The van der Waals surface area contributed by atoms with Crippen molar-refractivity contribution in [3.05, 3.63) is 90.2 Å². The van der Waals surface area contributed by atoms with E-state index < -0.39 is 11.8 Å². The molecule has 2 aliphatic heterocycles. The average molecular weight is 335 g/mol. The van der Waals surface area contributed by atoms with Crippen LogP contribution in [0.5, 0.6) is 0 Å². The molecule has 25 heavy (non-hydrogen) atoms. The highest BCUT2D eigenvalue weighted by atomic mass is 16.7. The Balaban J connectivity index is 0.000000415. The van der Waals surface area contributed by atoms with Crippen molar-refractivity contribution in [3.8, 4) is 0 Å². The number of nitrogens with two attached hydrogens (primary N) is 1. The maximum Gasteiger partial charge on any atom is 0.347 e. The van der Waals surface area contributed by atoms with Crippen LogP contribution in [0.3, 0.4) is 0 Å². The molecule has 5 heteroatoms. The summed E-state index contributed by atoms with van der Waals surface area (Å²) in [6.07, 6.45) is 3.02. The molecule has 1 unspecified atom stereocenters. The molecule has 0 amide bonds. The summed E-state index contributed by atoms with van der Waals surface area (Å²) in [7, 11) is 0. The van der Waals surface area contributed by atoms with Gasteiger partial charge in [-0.25, -0.2) is 4.79 Å². The molecule has 2 aliphatic rings. The highest BCUT2D eigenvalue weighted by molar-refractivity contribution is 6.27. The summed E-state index contributed by atoms with van der Waals surface area (Å²) < 4.78 is 10.8. The molecular formula is C20H17NO4. The number of hydrogen-bond acceptors (Lipinski definition) is 5. The van der Waals surface area contributed by atoms with Crippen LogP contribution in [-0.4, -0.2) is 18.3 Å². The first-order valence-corrected chi connectivity index (χ1v) is 7.76. The minimum absolute atomic E-state index is 0.355. The van der Waals surface area contributed by atoms with Gasteiger partial charge in [-0.1, -0.05) is 48.5 Å². The number of ether oxygens (including phenoxy) is 2. The lowest BCUT2D eigenvalue weighted by atomic mass is 9.94. The average Bonchev–Trinajstić information content (AvgIpc) is 3.14. The van der Waals surface area contributed by atoms with Gasteiger partial charge in [-0.2, -0.15) is 0 Å². The van der Waals surface area contributed by atoms with E-state index in [1.807, 2.05) is 30.3 Å². The van der Waals surface area contributed by atoms with Crippen LogP contribution in [-0.2, 0) is 20.1 Å². The van der Waals surface area contributed by atoms with Crippen molar-refractivity contribution in [2.75, 3.05) is 6.54 Å². The fourth-order valence-corrected chi connectivity index (χ4v) is 2.69. The number of esters is 1. The quantitative estimate of drug-likeness (QED) is 0.674. The lowest BCUT2D eigenvalue weighted by Crippen LogP contribution is -2.34. The first-order valence-electron chi connectivity index (χ1n) is 7.76. The van der Waals surface area contributed by atoms with E-state index >= 15 is 0 Å². The SMILES string of the molecule is C=CCN.O=C1OC2(OC=C(c3ccccc3)C2=O)c2ccccc21. The predicted molar refractivity (Wildman–Crippen MR) is 93.3 cm³/mol. The molecule has 0 aromatic heterocycles. The number of hydrogen-bond donors (Lipinski definition) is 1. The van der Waals surface area contributed by atoms with Gasteiger partial charge in [0.1, 0.15) is 6.26 Å². The molecule has 2 N–H and O–H groups in total. The van der Waals surface area contributed by atoms with Gasteiger partial charge in [-0.15, -0.1) is 6.58 Å². The molecule has 4 rings (SSSR count). The van der Waals surface area contributed by atoms with Crippen molar-refractivity contribution in [1.29, 1.82) is 0 Å². The summed E-state index contributed by atoms with van der Waals surface area (Å²) in [5.41, 5.74) is 6.88. The van der Waals surface area contributed by atoms with Crippen LogP contribution in [0.15, 0.2) is 73.5 Å². The summed E-state index contributed by atoms with van der Waals surface area (Å²) in [5, 5.41) is 0. The topological polar surface area (TPSA) is 78.6 Å². The maximum absolute atomic E-state index is 12.8. The number of fused-ring (bicyclic) bond motifs is 2. The summed E-state index contributed by atoms with van der Waals surface area (Å²) >= 11 is 0. The zero-order valence-corrected chi connectivity index (χ0v) is 13.5. The number of Topliss-reactive ketones (excluding diaryl/α,β-unsaturated/α-hetero) is 1. The van der Waals surface area contributed by atoms with E-state index in [1.165, 1.54) is 6.26 Å². The van der Waals surface area contributed by atoms with Crippen LogP contribution in [0.1, 0.15) is 21.5 Å². The third-order valence-corrected chi connectivity index (χ3v) is 3.88. The largest absolute Gasteiger partial charge is 0.449 e. The Morgan fingerprint density at radius 3 is 2.36 bits per heavy atom. The first kappa shape index (κ1) is 16.7. The molecule has 2 aromatic carbocycles. The standard InChI is InChI=1S/C17H10O4.C3H7N/c18-15-13(11-6-2-1-3-7-11)10-20-17(15)14-9-5-4-8-12(14)16(19)21-17;1-2-3-4/h1-10H;2H,1,3-4H2. The lowest BCUT2D eigenvalue weighted by Gasteiger charge is -2.20. The second-order valence-electron chi connectivity index (χ2n) is 5.42. The van der Waals surface area contributed by atoms with Crippen LogP contribution >= 0.6 is 0 Å². The fourth-order valence-electron chi connectivity index (χ4n) is 2.69. The summed E-state index contributed by atoms with van der Waals surface area (Å²) in [6.45, 7) is 3.94. The van der Waals surface area contributed by atoms with Crippen LogP contribution in [0.25, 0.3) is 5.57 Å². The Hall–Kier alpha value is -3.18. The summed E-state index contributed by atoms with van der Waals surface area (Å²) in [4.78, 5) is 24.7. The molecule has 5 nitrogen and oxygen atoms in total. The zero-order valence-electron chi connectivity index (χ0n) is 13.5. The number of ketones is 1. The Morgan fingerprint density at radius 1 is 1.04 bits per heavy atom.